The van der Waals surface area contributed by atoms with E-state index in [2.05, 4.69) is 0 Å². The lowest BCUT2D eigenvalue weighted by atomic mass is 10.00. The molecule has 1 aliphatic rings. The topological polar surface area (TPSA) is 46.5 Å². The molecule has 98 valence electrons. The molecule has 0 spiro atoms. The first kappa shape index (κ1) is 13.4. The summed E-state index contributed by atoms with van der Waals surface area (Å²) < 4.78 is 18.6. The minimum absolute atomic E-state index is 0.279. The largest absolute Gasteiger partial charge is 0.482 e. The molecule has 0 saturated carbocycles. The van der Waals surface area contributed by atoms with E-state index in [0.717, 1.165) is 5.56 Å². The smallest absolute Gasteiger partial charge is 0.278 e. The maximum absolute atomic E-state index is 13.0. The highest BCUT2D eigenvalue weighted by molar-refractivity contribution is 7.96. The SMILES string of the molecule is C[S+](C)C(O)C(=O)C1CCc2cc(F)ccc2O1. The Morgan fingerprint density at radius 3 is 2.94 bits per heavy atom. The number of hydrogen-bond donors (Lipinski definition) is 1. The number of fused-ring (bicyclic) bond motifs is 1. The van der Waals surface area contributed by atoms with Crippen LogP contribution in [0.3, 0.4) is 0 Å². The first-order chi connectivity index (χ1) is 8.49. The number of carbonyl (C=O) groups excluding carboxylic acids is 1. The van der Waals surface area contributed by atoms with Gasteiger partial charge in [-0.25, -0.2) is 4.39 Å². The number of halogens is 1. The van der Waals surface area contributed by atoms with Crippen LogP contribution in [0, 0.1) is 5.82 Å². The van der Waals surface area contributed by atoms with Crippen molar-refractivity contribution in [3.63, 3.8) is 0 Å². The van der Waals surface area contributed by atoms with Crippen molar-refractivity contribution in [1.29, 1.82) is 0 Å². The first-order valence-electron chi connectivity index (χ1n) is 5.72. The van der Waals surface area contributed by atoms with Gasteiger partial charge in [-0.2, -0.15) is 0 Å². The lowest BCUT2D eigenvalue weighted by molar-refractivity contribution is -0.130. The number of carbonyl (C=O) groups is 1. The Balaban J connectivity index is 2.12. The van der Waals surface area contributed by atoms with Crippen molar-refractivity contribution in [1.82, 2.24) is 0 Å². The monoisotopic (exact) mass is 271 g/mol. The number of ketones is 1. The molecule has 1 aromatic rings. The summed E-state index contributed by atoms with van der Waals surface area (Å²) in [6.45, 7) is 0. The number of aliphatic hydroxyl groups excluding tert-OH is 1. The molecule has 0 radical (unpaired) electrons. The van der Waals surface area contributed by atoms with Gasteiger partial charge in [0, 0.05) is 10.9 Å². The highest BCUT2D eigenvalue weighted by Gasteiger charge is 2.36. The number of aliphatic hydroxyl groups is 1. The normalized spacial score (nSPS) is 20.2. The van der Waals surface area contributed by atoms with Crippen LogP contribution in [0.25, 0.3) is 0 Å². The van der Waals surface area contributed by atoms with Gasteiger partial charge in [-0.05, 0) is 36.6 Å². The predicted octanol–water partition coefficient (Wildman–Crippen LogP) is 1.28. The van der Waals surface area contributed by atoms with Crippen LogP contribution in [0.4, 0.5) is 4.39 Å². The average molecular weight is 271 g/mol. The third-order valence-electron chi connectivity index (χ3n) is 2.97. The van der Waals surface area contributed by atoms with Gasteiger partial charge in [0.05, 0.1) is 0 Å². The molecule has 0 aliphatic carbocycles. The number of rotatable bonds is 3. The van der Waals surface area contributed by atoms with Crippen molar-refractivity contribution in [2.75, 3.05) is 12.5 Å². The standard InChI is InChI=1S/C13H16FO3S/c1-18(2)13(16)12(15)11-5-3-8-7-9(14)4-6-10(8)17-11/h4,6-7,11,13,16H,3,5H2,1-2H3/q+1. The lowest BCUT2D eigenvalue weighted by Crippen LogP contribution is -2.41. The van der Waals surface area contributed by atoms with Gasteiger partial charge in [-0.3, -0.25) is 4.79 Å². The van der Waals surface area contributed by atoms with E-state index in [1.165, 1.54) is 18.2 Å². The molecular formula is C13H16FO3S+. The molecule has 5 heteroatoms. The fraction of sp³-hybridized carbons (Fsp3) is 0.462. The molecule has 0 bridgehead atoms. The van der Waals surface area contributed by atoms with E-state index >= 15 is 0 Å². The van der Waals surface area contributed by atoms with E-state index < -0.39 is 11.5 Å². The zero-order chi connectivity index (χ0) is 13.3. The Bertz CT molecular complexity index is 462. The van der Waals surface area contributed by atoms with Crippen LogP contribution in [0.2, 0.25) is 0 Å². The van der Waals surface area contributed by atoms with Crippen LogP contribution in [-0.4, -0.2) is 34.9 Å². The van der Waals surface area contributed by atoms with E-state index in [0.29, 0.717) is 18.6 Å². The van der Waals surface area contributed by atoms with Crippen LogP contribution >= 0.6 is 0 Å². The second-order valence-electron chi connectivity index (χ2n) is 4.53. The highest BCUT2D eigenvalue weighted by Crippen LogP contribution is 2.29. The summed E-state index contributed by atoms with van der Waals surface area (Å²) in [6.07, 6.45) is 4.09. The maximum Gasteiger partial charge on any atom is 0.278 e. The molecule has 0 aromatic heterocycles. The Morgan fingerprint density at radius 1 is 1.56 bits per heavy atom. The molecule has 0 saturated heterocycles. The van der Waals surface area contributed by atoms with Crippen molar-refractivity contribution >= 4 is 16.7 Å². The summed E-state index contributed by atoms with van der Waals surface area (Å²) in [4.78, 5) is 12.0. The molecule has 18 heavy (non-hydrogen) atoms. The summed E-state index contributed by atoms with van der Waals surface area (Å²) in [5.74, 6) is -0.0376. The van der Waals surface area contributed by atoms with Crippen molar-refractivity contribution in [3.8, 4) is 5.75 Å². The average Bonchev–Trinajstić information content (AvgIpc) is 2.36. The fourth-order valence-electron chi connectivity index (χ4n) is 1.95. The van der Waals surface area contributed by atoms with E-state index in [9.17, 15) is 14.3 Å². The van der Waals surface area contributed by atoms with E-state index in [4.69, 9.17) is 4.74 Å². The minimum Gasteiger partial charge on any atom is -0.482 e. The van der Waals surface area contributed by atoms with Crippen molar-refractivity contribution in [2.45, 2.75) is 24.4 Å². The Kier molecular flexibility index (Phi) is 3.92. The number of hydrogen-bond acceptors (Lipinski definition) is 3. The van der Waals surface area contributed by atoms with Crippen molar-refractivity contribution < 1.29 is 19.0 Å². The van der Waals surface area contributed by atoms with Gasteiger partial charge in [0.15, 0.2) is 6.10 Å². The van der Waals surface area contributed by atoms with Crippen molar-refractivity contribution in [2.24, 2.45) is 0 Å². The molecule has 1 aromatic carbocycles. The molecule has 1 heterocycles. The van der Waals surface area contributed by atoms with Gasteiger partial charge in [-0.15, -0.1) is 0 Å². The number of ether oxygens (including phenoxy) is 1. The van der Waals surface area contributed by atoms with Crippen LogP contribution in [0.15, 0.2) is 18.2 Å². The van der Waals surface area contributed by atoms with Gasteiger partial charge in [0.1, 0.15) is 24.1 Å². The first-order valence-corrected chi connectivity index (χ1v) is 7.82. The highest BCUT2D eigenvalue weighted by atomic mass is 32.2. The summed E-state index contributed by atoms with van der Waals surface area (Å²) >= 11 is 0. The molecule has 0 amide bonds. The van der Waals surface area contributed by atoms with Gasteiger partial charge in [-0.1, -0.05) is 0 Å². The molecule has 2 unspecified atom stereocenters. The second kappa shape index (κ2) is 5.28. The molecule has 2 rings (SSSR count). The minimum atomic E-state index is -0.975. The van der Waals surface area contributed by atoms with Gasteiger partial charge < -0.3 is 9.84 Å². The summed E-state index contributed by atoms with van der Waals surface area (Å²) in [7, 11) is -0.388. The van der Waals surface area contributed by atoms with Crippen LogP contribution in [0.1, 0.15) is 12.0 Å². The van der Waals surface area contributed by atoms with E-state index in [1.807, 2.05) is 12.5 Å². The number of Topliss-reactive ketones (excluding diaryl/α,β-unsaturated/α-hetero) is 1. The quantitative estimate of drug-likeness (QED) is 0.843. The fourth-order valence-corrected chi connectivity index (χ4v) is 2.57. The number of benzene rings is 1. The Hall–Kier alpha value is -1.07. The van der Waals surface area contributed by atoms with Gasteiger partial charge >= 0.3 is 0 Å². The predicted molar refractivity (Wildman–Crippen MR) is 69.4 cm³/mol. The molecular weight excluding hydrogens is 255 g/mol. The zero-order valence-electron chi connectivity index (χ0n) is 10.4. The van der Waals surface area contributed by atoms with Gasteiger partial charge in [0.2, 0.25) is 0 Å². The molecule has 0 fully saturated rings. The Labute approximate surface area is 108 Å². The van der Waals surface area contributed by atoms with Crippen LogP contribution in [0.5, 0.6) is 5.75 Å². The van der Waals surface area contributed by atoms with E-state index in [-0.39, 0.29) is 22.5 Å². The molecule has 2 atom stereocenters. The Morgan fingerprint density at radius 2 is 2.28 bits per heavy atom. The van der Waals surface area contributed by atoms with Crippen LogP contribution < -0.4 is 4.74 Å². The summed E-state index contributed by atoms with van der Waals surface area (Å²) in [6, 6.07) is 4.27. The zero-order valence-corrected chi connectivity index (χ0v) is 11.2. The number of aryl methyl sites for hydroxylation is 1. The third-order valence-corrected chi connectivity index (χ3v) is 4.10. The molecule has 3 nitrogen and oxygen atoms in total. The third kappa shape index (κ3) is 2.67. The lowest BCUT2D eigenvalue weighted by Gasteiger charge is -2.25. The van der Waals surface area contributed by atoms with Gasteiger partial charge in [0.25, 0.3) is 11.2 Å². The second-order valence-corrected chi connectivity index (χ2v) is 6.74. The summed E-state index contributed by atoms with van der Waals surface area (Å²) in [5, 5.41) is 9.76. The van der Waals surface area contributed by atoms with Crippen molar-refractivity contribution in [3.05, 3.63) is 29.6 Å². The van der Waals surface area contributed by atoms with Crippen LogP contribution in [-0.2, 0) is 22.1 Å². The maximum atomic E-state index is 13.0. The van der Waals surface area contributed by atoms with E-state index in [1.54, 1.807) is 0 Å². The molecule has 1 N–H and O–H groups in total. The summed E-state index contributed by atoms with van der Waals surface area (Å²) in [5.41, 5.74) is -0.197. The molecule has 1 aliphatic heterocycles.